The van der Waals surface area contributed by atoms with E-state index in [1.807, 2.05) is 6.92 Å². The van der Waals surface area contributed by atoms with Crippen molar-refractivity contribution >= 4 is 0 Å². The second-order valence-corrected chi connectivity index (χ2v) is 9.96. The van der Waals surface area contributed by atoms with E-state index in [0.29, 0.717) is 16.7 Å². The van der Waals surface area contributed by atoms with Crippen LogP contribution in [0.5, 0.6) is 0 Å². The molecule has 0 amide bonds. The highest BCUT2D eigenvalue weighted by Gasteiger charge is 2.62. The fourth-order valence-electron chi connectivity index (χ4n) is 6.81. The molecule has 6 atom stereocenters. The van der Waals surface area contributed by atoms with E-state index in [0.717, 1.165) is 25.2 Å². The molecule has 1 saturated heterocycles. The van der Waals surface area contributed by atoms with Crippen LogP contribution >= 0.6 is 0 Å². The van der Waals surface area contributed by atoms with Crippen LogP contribution in [0.4, 0.5) is 0 Å². The van der Waals surface area contributed by atoms with Gasteiger partial charge in [-0.25, -0.2) is 0 Å². The molecular weight excluding hydrogens is 288 g/mol. The number of aliphatic hydroxyl groups excluding tert-OH is 2. The predicted molar refractivity (Wildman–Crippen MR) is 92.2 cm³/mol. The zero-order valence-corrected chi connectivity index (χ0v) is 15.7. The summed E-state index contributed by atoms with van der Waals surface area (Å²) in [5.74, 6) is 1.34. The van der Waals surface area contributed by atoms with Crippen LogP contribution in [0.25, 0.3) is 0 Å². The molecule has 2 saturated carbocycles. The Morgan fingerprint density at radius 1 is 0.957 bits per heavy atom. The summed E-state index contributed by atoms with van der Waals surface area (Å²) in [4.78, 5) is 0. The molecule has 2 N–H and O–H groups in total. The Labute approximate surface area is 141 Å². The third-order valence-electron chi connectivity index (χ3n) is 8.01. The summed E-state index contributed by atoms with van der Waals surface area (Å²) < 4.78 is 6.59. The molecule has 0 radical (unpaired) electrons. The molecule has 23 heavy (non-hydrogen) atoms. The van der Waals surface area contributed by atoms with Crippen LogP contribution in [-0.4, -0.2) is 34.1 Å². The maximum absolute atomic E-state index is 10.3. The van der Waals surface area contributed by atoms with Crippen molar-refractivity contribution in [2.24, 2.45) is 22.7 Å². The molecule has 0 spiro atoms. The Morgan fingerprint density at radius 2 is 1.61 bits per heavy atom. The maximum atomic E-state index is 10.3. The van der Waals surface area contributed by atoms with Gasteiger partial charge >= 0.3 is 0 Å². The smallest absolute Gasteiger partial charge is 0.106 e. The monoisotopic (exact) mass is 324 g/mol. The molecule has 1 aliphatic heterocycles. The van der Waals surface area contributed by atoms with Crippen molar-refractivity contribution in [1.29, 1.82) is 0 Å². The first kappa shape index (κ1) is 17.7. The highest BCUT2D eigenvalue weighted by molar-refractivity contribution is 5.11. The van der Waals surface area contributed by atoms with E-state index in [9.17, 15) is 10.2 Å². The lowest BCUT2D eigenvalue weighted by Crippen LogP contribution is -2.64. The highest BCUT2D eigenvalue weighted by atomic mass is 16.5. The van der Waals surface area contributed by atoms with Crippen molar-refractivity contribution in [3.63, 3.8) is 0 Å². The van der Waals surface area contributed by atoms with E-state index in [1.54, 1.807) is 0 Å². The Hall–Kier alpha value is -0.120. The zero-order valence-electron chi connectivity index (χ0n) is 15.7. The fourth-order valence-corrected chi connectivity index (χ4v) is 6.81. The third-order valence-corrected chi connectivity index (χ3v) is 8.01. The van der Waals surface area contributed by atoms with Gasteiger partial charge in [0.15, 0.2) is 0 Å². The van der Waals surface area contributed by atoms with Gasteiger partial charge in [-0.1, -0.05) is 27.2 Å². The highest BCUT2D eigenvalue weighted by Crippen LogP contribution is 2.65. The molecule has 0 aromatic rings. The Bertz CT molecular complexity index is 462. The number of hydrogen-bond donors (Lipinski definition) is 2. The molecule has 1 heterocycles. The minimum absolute atomic E-state index is 0.165. The van der Waals surface area contributed by atoms with E-state index < -0.39 is 11.7 Å². The summed E-state index contributed by atoms with van der Waals surface area (Å²) >= 11 is 0. The van der Waals surface area contributed by atoms with Crippen molar-refractivity contribution in [1.82, 2.24) is 0 Å². The first-order valence-electron chi connectivity index (χ1n) is 9.57. The summed E-state index contributed by atoms with van der Waals surface area (Å²) in [5.41, 5.74) is 0.00907. The van der Waals surface area contributed by atoms with Crippen LogP contribution in [0, 0.1) is 22.7 Å². The van der Waals surface area contributed by atoms with Gasteiger partial charge in [0.25, 0.3) is 0 Å². The van der Waals surface area contributed by atoms with Gasteiger partial charge in [-0.05, 0) is 75.0 Å². The number of ether oxygens (including phenoxy) is 1. The van der Waals surface area contributed by atoms with Crippen molar-refractivity contribution in [3.05, 3.63) is 0 Å². The second-order valence-electron chi connectivity index (χ2n) is 9.96. The standard InChI is InChI=1S/C20H36O3/c1-17(2)9-6-10-18(3)14(17)7-11-19(4)15(18)8-12-20(5,23-19)16(22)13-21/h14-16,21-22H,6-13H2,1-5H3/t14?,15-,16?,18+,19-,20+/m1/s1. The molecule has 3 nitrogen and oxygen atoms in total. The molecule has 3 rings (SSSR count). The number of aliphatic hydroxyl groups is 2. The summed E-state index contributed by atoms with van der Waals surface area (Å²) in [5, 5.41) is 19.7. The van der Waals surface area contributed by atoms with E-state index in [-0.39, 0.29) is 12.2 Å². The predicted octanol–water partition coefficient (Wildman–Crippen LogP) is 3.91. The zero-order chi connectivity index (χ0) is 17.1. The number of fused-ring (bicyclic) bond motifs is 3. The summed E-state index contributed by atoms with van der Waals surface area (Å²) in [6.45, 7) is 11.5. The lowest BCUT2D eigenvalue weighted by molar-refractivity contribution is -0.287. The van der Waals surface area contributed by atoms with Gasteiger partial charge in [-0.2, -0.15) is 0 Å². The van der Waals surface area contributed by atoms with Crippen LogP contribution in [0.2, 0.25) is 0 Å². The Balaban J connectivity index is 1.90. The molecule has 0 bridgehead atoms. The van der Waals surface area contributed by atoms with Crippen molar-refractivity contribution in [3.8, 4) is 0 Å². The maximum Gasteiger partial charge on any atom is 0.106 e. The lowest BCUT2D eigenvalue weighted by atomic mass is 9.44. The third kappa shape index (κ3) is 2.58. The quantitative estimate of drug-likeness (QED) is 0.809. The van der Waals surface area contributed by atoms with Gasteiger partial charge in [-0.3, -0.25) is 0 Å². The molecule has 2 aliphatic carbocycles. The van der Waals surface area contributed by atoms with Gasteiger partial charge in [0.1, 0.15) is 6.10 Å². The minimum Gasteiger partial charge on any atom is -0.394 e. The average Bonchev–Trinajstić information content (AvgIpc) is 2.44. The first-order valence-corrected chi connectivity index (χ1v) is 9.57. The molecule has 3 heteroatoms. The van der Waals surface area contributed by atoms with Gasteiger partial charge in [-0.15, -0.1) is 0 Å². The van der Waals surface area contributed by atoms with E-state index in [4.69, 9.17) is 4.74 Å². The molecule has 0 aromatic heterocycles. The number of rotatable bonds is 2. The normalized spacial score (nSPS) is 50.7. The van der Waals surface area contributed by atoms with Crippen LogP contribution in [0.1, 0.15) is 79.6 Å². The molecule has 0 aromatic carbocycles. The van der Waals surface area contributed by atoms with E-state index in [1.165, 1.54) is 25.7 Å². The Morgan fingerprint density at radius 3 is 2.26 bits per heavy atom. The van der Waals surface area contributed by atoms with Crippen molar-refractivity contribution in [2.75, 3.05) is 6.61 Å². The van der Waals surface area contributed by atoms with Crippen molar-refractivity contribution in [2.45, 2.75) is 96.9 Å². The van der Waals surface area contributed by atoms with Crippen LogP contribution in [0.15, 0.2) is 0 Å². The van der Waals surface area contributed by atoms with Crippen molar-refractivity contribution < 1.29 is 14.9 Å². The summed E-state index contributed by atoms with van der Waals surface area (Å²) in [6.07, 6.45) is 7.45. The fraction of sp³-hybridized carbons (Fsp3) is 1.00. The minimum atomic E-state index is -0.784. The molecular formula is C20H36O3. The topological polar surface area (TPSA) is 49.7 Å². The Kier molecular flexibility index (Phi) is 4.18. The van der Waals surface area contributed by atoms with Gasteiger partial charge < -0.3 is 14.9 Å². The van der Waals surface area contributed by atoms with Gasteiger partial charge in [0.2, 0.25) is 0 Å². The molecule has 134 valence electrons. The molecule has 3 aliphatic rings. The van der Waals surface area contributed by atoms with Crippen LogP contribution in [-0.2, 0) is 4.74 Å². The van der Waals surface area contributed by atoms with E-state index >= 15 is 0 Å². The summed E-state index contributed by atoms with van der Waals surface area (Å²) in [6, 6.07) is 0. The second kappa shape index (κ2) is 5.44. The average molecular weight is 325 g/mol. The SMILES string of the molecule is CC1(C)CCC[C@@]2(C)C1CC[C@@]1(C)O[C@](C)(C(O)CO)CC[C@@H]12. The van der Waals surface area contributed by atoms with Gasteiger partial charge in [0.05, 0.1) is 17.8 Å². The molecule has 3 fully saturated rings. The first-order chi connectivity index (χ1) is 10.6. The van der Waals surface area contributed by atoms with Gasteiger partial charge in [0, 0.05) is 0 Å². The van der Waals surface area contributed by atoms with Crippen LogP contribution in [0.3, 0.4) is 0 Å². The lowest BCUT2D eigenvalue weighted by Gasteiger charge is -2.65. The van der Waals surface area contributed by atoms with E-state index in [2.05, 4.69) is 27.7 Å². The van der Waals surface area contributed by atoms with Crippen LogP contribution < -0.4 is 0 Å². The number of hydrogen-bond acceptors (Lipinski definition) is 3. The molecule has 2 unspecified atom stereocenters. The summed E-state index contributed by atoms with van der Waals surface area (Å²) in [7, 11) is 0. The largest absolute Gasteiger partial charge is 0.394 e.